The molecule has 3 fully saturated rings. The molecule has 2 aromatic rings. The van der Waals surface area contributed by atoms with Crippen molar-refractivity contribution in [2.45, 2.75) is 37.1 Å². The van der Waals surface area contributed by atoms with Crippen molar-refractivity contribution in [2.75, 3.05) is 42.8 Å². The molecule has 3 unspecified atom stereocenters. The average Bonchev–Trinajstić information content (AvgIpc) is 3.22. The number of nitrogens with one attached hydrogen (secondary N) is 1. The molecule has 0 aromatic carbocycles. The molecule has 0 saturated carbocycles. The molecule has 5 heterocycles. The van der Waals surface area contributed by atoms with E-state index in [2.05, 4.69) is 20.1 Å². The molecule has 2 bridgehead atoms. The second-order valence-corrected chi connectivity index (χ2v) is 7.29. The highest BCUT2D eigenvalue weighted by Crippen LogP contribution is 2.39. The number of halogens is 3. The summed E-state index contributed by atoms with van der Waals surface area (Å²) < 4.78 is 51.6. The lowest BCUT2D eigenvalue weighted by Crippen LogP contribution is -2.53. The van der Waals surface area contributed by atoms with E-state index in [0.717, 1.165) is 12.8 Å². The van der Waals surface area contributed by atoms with E-state index in [1.807, 2.05) is 0 Å². The molecule has 146 valence electrons. The first kappa shape index (κ1) is 17.1. The quantitative estimate of drug-likeness (QED) is 0.857. The summed E-state index contributed by atoms with van der Waals surface area (Å²) in [6.07, 6.45) is -0.826. The summed E-state index contributed by atoms with van der Waals surface area (Å²) in [5.41, 5.74) is 1.00. The van der Waals surface area contributed by atoms with Crippen LogP contribution < -0.4 is 9.80 Å². The summed E-state index contributed by atoms with van der Waals surface area (Å²) in [5, 5.41) is 7.43. The maximum Gasteiger partial charge on any atom is 0.411 e. The Morgan fingerprint density at radius 1 is 1.11 bits per heavy atom. The van der Waals surface area contributed by atoms with E-state index in [1.165, 1.54) is 11.1 Å². The van der Waals surface area contributed by atoms with Gasteiger partial charge in [0.15, 0.2) is 5.65 Å². The van der Waals surface area contributed by atoms with Gasteiger partial charge in [0.2, 0.25) is 0 Å². The van der Waals surface area contributed by atoms with Crippen molar-refractivity contribution in [1.29, 1.82) is 0 Å². The average molecular weight is 383 g/mol. The fraction of sp³-hybridized carbons (Fsp3) is 0.647. The van der Waals surface area contributed by atoms with Gasteiger partial charge in [-0.15, -0.1) is 0 Å². The second-order valence-electron chi connectivity index (χ2n) is 7.29. The van der Waals surface area contributed by atoms with Gasteiger partial charge in [0, 0.05) is 12.6 Å². The van der Waals surface area contributed by atoms with Crippen molar-refractivity contribution in [3.05, 3.63) is 12.3 Å². The topological polar surface area (TPSA) is 66.5 Å². The highest BCUT2D eigenvalue weighted by molar-refractivity contribution is 5.91. The summed E-state index contributed by atoms with van der Waals surface area (Å²) >= 11 is 0. The lowest BCUT2D eigenvalue weighted by Gasteiger charge is -2.40. The van der Waals surface area contributed by atoms with Gasteiger partial charge in [-0.3, -0.25) is 5.10 Å². The van der Waals surface area contributed by atoms with Crippen LogP contribution in [0.4, 0.5) is 24.7 Å². The van der Waals surface area contributed by atoms with Crippen molar-refractivity contribution >= 4 is 22.5 Å². The highest BCUT2D eigenvalue weighted by atomic mass is 19.4. The Morgan fingerprint density at radius 2 is 1.89 bits per heavy atom. The van der Waals surface area contributed by atoms with Crippen LogP contribution in [-0.2, 0) is 9.47 Å². The number of hydrogen-bond donors (Lipinski definition) is 1. The van der Waals surface area contributed by atoms with E-state index in [9.17, 15) is 13.2 Å². The van der Waals surface area contributed by atoms with Gasteiger partial charge in [0.05, 0.1) is 55.8 Å². The molecular weight excluding hydrogens is 363 g/mol. The maximum atomic E-state index is 13.6. The summed E-state index contributed by atoms with van der Waals surface area (Å²) in [6, 6.07) is 0.527. The van der Waals surface area contributed by atoms with Gasteiger partial charge in [-0.1, -0.05) is 0 Å². The smallest absolute Gasteiger partial charge is 0.377 e. The van der Waals surface area contributed by atoms with Crippen LogP contribution in [-0.4, -0.2) is 72.5 Å². The van der Waals surface area contributed by atoms with Crippen LogP contribution in [0.25, 0.3) is 11.0 Å². The molecule has 1 N–H and O–H groups in total. The first-order valence-corrected chi connectivity index (χ1v) is 9.13. The molecule has 5 rings (SSSR count). The van der Waals surface area contributed by atoms with Crippen LogP contribution in [0.15, 0.2) is 12.3 Å². The zero-order chi connectivity index (χ0) is 18.6. The van der Waals surface area contributed by atoms with Gasteiger partial charge in [-0.05, 0) is 12.8 Å². The van der Waals surface area contributed by atoms with Crippen LogP contribution in [0, 0.1) is 0 Å². The number of aromatic amines is 1. The molecule has 3 atom stereocenters. The van der Waals surface area contributed by atoms with Gasteiger partial charge in [-0.2, -0.15) is 18.3 Å². The summed E-state index contributed by atoms with van der Waals surface area (Å²) in [4.78, 5) is 8.24. The molecule has 0 spiro atoms. The van der Waals surface area contributed by atoms with E-state index in [1.54, 1.807) is 6.07 Å². The Kier molecular flexibility index (Phi) is 3.94. The number of pyridine rings is 1. The van der Waals surface area contributed by atoms with Crippen LogP contribution in [0.2, 0.25) is 0 Å². The van der Waals surface area contributed by atoms with Crippen molar-refractivity contribution < 1.29 is 22.6 Å². The van der Waals surface area contributed by atoms with E-state index in [4.69, 9.17) is 9.47 Å². The third-order valence-corrected chi connectivity index (χ3v) is 5.71. The Hall–Kier alpha value is -2.07. The van der Waals surface area contributed by atoms with Crippen molar-refractivity contribution in [3.63, 3.8) is 0 Å². The van der Waals surface area contributed by atoms with Gasteiger partial charge in [0.1, 0.15) is 11.9 Å². The van der Waals surface area contributed by atoms with E-state index >= 15 is 0 Å². The Morgan fingerprint density at radius 3 is 2.63 bits per heavy atom. The number of fused-ring (bicyclic) bond motifs is 3. The first-order chi connectivity index (χ1) is 13.0. The fourth-order valence-electron chi connectivity index (χ4n) is 4.43. The molecule has 7 nitrogen and oxygen atoms in total. The van der Waals surface area contributed by atoms with Gasteiger partial charge < -0.3 is 19.3 Å². The predicted octanol–water partition coefficient (Wildman–Crippen LogP) is 2.09. The Balaban J connectivity index is 1.60. The largest absolute Gasteiger partial charge is 0.411 e. The van der Waals surface area contributed by atoms with Crippen LogP contribution in [0.3, 0.4) is 0 Å². The van der Waals surface area contributed by atoms with Crippen molar-refractivity contribution in [3.8, 4) is 0 Å². The molecule has 3 aliphatic heterocycles. The zero-order valence-corrected chi connectivity index (χ0v) is 14.6. The second kappa shape index (κ2) is 6.23. The van der Waals surface area contributed by atoms with E-state index in [0.29, 0.717) is 35.8 Å². The van der Waals surface area contributed by atoms with Gasteiger partial charge in [0.25, 0.3) is 0 Å². The van der Waals surface area contributed by atoms with Crippen LogP contribution in [0.1, 0.15) is 12.8 Å². The lowest BCUT2D eigenvalue weighted by atomic mass is 10.1. The third kappa shape index (κ3) is 2.82. The molecular formula is C17H20F3N5O2. The van der Waals surface area contributed by atoms with Crippen LogP contribution in [0.5, 0.6) is 0 Å². The standard InChI is InChI=1S/C17H20F3N5O2/c18-17(19,20)14-9-26-4-3-24(14)13-5-15(22-16-12(13)6-21-23-16)25-10-1-2-11(25)8-27-7-10/h5-6,10-11,14H,1-4,7-9H2,(H,21,22,23). The van der Waals surface area contributed by atoms with E-state index in [-0.39, 0.29) is 31.8 Å². The normalized spacial score (nSPS) is 28.9. The van der Waals surface area contributed by atoms with Gasteiger partial charge in [-0.25, -0.2) is 4.98 Å². The molecule has 3 aliphatic rings. The number of aromatic nitrogens is 3. The predicted molar refractivity (Wildman–Crippen MR) is 92.0 cm³/mol. The van der Waals surface area contributed by atoms with Crippen LogP contribution >= 0.6 is 0 Å². The first-order valence-electron chi connectivity index (χ1n) is 9.13. The monoisotopic (exact) mass is 383 g/mol. The number of morpholine rings is 2. The van der Waals surface area contributed by atoms with Gasteiger partial charge >= 0.3 is 6.18 Å². The summed E-state index contributed by atoms with van der Waals surface area (Å²) in [6.45, 7) is 1.30. The van der Waals surface area contributed by atoms with Crippen molar-refractivity contribution in [1.82, 2.24) is 15.2 Å². The number of rotatable bonds is 2. The Labute approximate surface area is 153 Å². The molecule has 27 heavy (non-hydrogen) atoms. The number of nitrogens with zero attached hydrogens (tertiary/aromatic N) is 4. The zero-order valence-electron chi connectivity index (χ0n) is 14.6. The van der Waals surface area contributed by atoms with E-state index < -0.39 is 12.2 Å². The number of ether oxygens (including phenoxy) is 2. The van der Waals surface area contributed by atoms with Crippen molar-refractivity contribution in [2.24, 2.45) is 0 Å². The lowest BCUT2D eigenvalue weighted by molar-refractivity contribution is -0.167. The minimum Gasteiger partial charge on any atom is -0.377 e. The number of H-pyrrole nitrogens is 1. The minimum atomic E-state index is -4.38. The SMILES string of the molecule is FC(F)(F)C1COCCN1c1cc(N2C3CCC2COC3)nc2[nH]ncc12. The molecule has 10 heteroatoms. The number of anilines is 2. The number of alkyl halides is 3. The molecule has 2 aromatic heterocycles. The maximum absolute atomic E-state index is 13.6. The Bertz CT molecular complexity index is 826. The fourth-order valence-corrected chi connectivity index (χ4v) is 4.43. The number of hydrogen-bond acceptors (Lipinski definition) is 6. The molecule has 0 aliphatic carbocycles. The molecule has 0 radical (unpaired) electrons. The summed E-state index contributed by atoms with van der Waals surface area (Å²) in [5.74, 6) is 0.685. The summed E-state index contributed by atoms with van der Waals surface area (Å²) in [7, 11) is 0. The molecule has 3 saturated heterocycles. The third-order valence-electron chi connectivity index (χ3n) is 5.71. The highest BCUT2D eigenvalue weighted by Gasteiger charge is 2.46. The minimum absolute atomic E-state index is 0.171. The molecule has 0 amide bonds.